The fourth-order valence-corrected chi connectivity index (χ4v) is 9.69. The molecule has 0 radical (unpaired) electrons. The molecular weight excluding hydrogens is 521 g/mol. The predicted octanol–water partition coefficient (Wildman–Crippen LogP) is 2.80. The van der Waals surface area contributed by atoms with Gasteiger partial charge < -0.3 is 10.2 Å². The third-order valence-corrected chi connectivity index (χ3v) is 12.1. The van der Waals surface area contributed by atoms with Crippen LogP contribution < -0.4 is 0 Å². The van der Waals surface area contributed by atoms with E-state index in [1.165, 1.54) is 0 Å². The topological polar surface area (TPSA) is 74.6 Å². The highest BCUT2D eigenvalue weighted by Gasteiger charge is 2.25. The molecule has 0 spiro atoms. The van der Waals surface area contributed by atoms with E-state index in [1.807, 2.05) is 0 Å². The van der Waals surface area contributed by atoms with Crippen LogP contribution in [0.15, 0.2) is 0 Å². The molecule has 4 nitrogen and oxygen atoms in total. The fraction of sp³-hybridized carbons (Fsp3) is 0.857. The standard InChI is InChI=1S/C14H26O4S9/c15-5-11(17)26-13(21)9(24-3-1-19)7-23-8-10(25-4-2-20)14(22)27-12(18)6-16/h9-10,13-16,19-22H,1-8H2. The first-order valence-corrected chi connectivity index (χ1v) is 15.2. The van der Waals surface area contributed by atoms with E-state index >= 15 is 0 Å². The molecule has 2 N–H and O–H groups in total. The molecule has 0 aromatic rings. The smallest absolute Gasteiger partial charge is 0.215 e. The van der Waals surface area contributed by atoms with Crippen LogP contribution in [0.3, 0.4) is 0 Å². The minimum absolute atomic E-state index is 0.131. The van der Waals surface area contributed by atoms with Gasteiger partial charge in [0.25, 0.3) is 0 Å². The van der Waals surface area contributed by atoms with Crippen LogP contribution in [0.1, 0.15) is 0 Å². The highest BCUT2D eigenvalue weighted by atomic mass is 32.2. The molecule has 0 amide bonds. The fourth-order valence-electron chi connectivity index (χ4n) is 1.63. The Balaban J connectivity index is 4.67. The number of thiol groups is 4. The number of aliphatic hydroxyl groups is 2. The van der Waals surface area contributed by atoms with Crippen LogP contribution in [0, 0.1) is 0 Å². The van der Waals surface area contributed by atoms with Gasteiger partial charge in [0.2, 0.25) is 10.2 Å². The van der Waals surface area contributed by atoms with Crippen LogP contribution in [0.5, 0.6) is 0 Å². The predicted molar refractivity (Wildman–Crippen MR) is 142 cm³/mol. The van der Waals surface area contributed by atoms with Crippen molar-refractivity contribution in [3.05, 3.63) is 0 Å². The van der Waals surface area contributed by atoms with E-state index in [9.17, 15) is 9.59 Å². The molecule has 27 heavy (non-hydrogen) atoms. The number of thioether (sulfide) groups is 5. The number of aliphatic hydroxyl groups excluding tert-OH is 2. The number of hydrogen-bond acceptors (Lipinski definition) is 13. The first kappa shape index (κ1) is 29.4. The zero-order chi connectivity index (χ0) is 20.7. The van der Waals surface area contributed by atoms with Gasteiger partial charge in [-0.3, -0.25) is 9.59 Å². The molecular formula is C14H26O4S9. The molecule has 0 aliphatic carbocycles. The number of rotatable bonds is 16. The lowest BCUT2D eigenvalue weighted by atomic mass is 10.5. The van der Waals surface area contributed by atoms with Gasteiger partial charge in [-0.2, -0.15) is 85.8 Å². The van der Waals surface area contributed by atoms with E-state index in [0.717, 1.165) is 58.0 Å². The molecule has 0 fully saturated rings. The maximum atomic E-state index is 11.5. The van der Waals surface area contributed by atoms with Gasteiger partial charge in [-0.25, -0.2) is 0 Å². The average Bonchev–Trinajstić information content (AvgIpc) is 2.66. The minimum atomic E-state index is -0.487. The Morgan fingerprint density at radius 1 is 0.778 bits per heavy atom. The van der Waals surface area contributed by atoms with E-state index < -0.39 is 13.2 Å². The quantitative estimate of drug-likeness (QED) is 0.129. The summed E-state index contributed by atoms with van der Waals surface area (Å²) >= 11 is 24.8. The van der Waals surface area contributed by atoms with Gasteiger partial charge in [-0.05, 0) is 11.5 Å². The van der Waals surface area contributed by atoms with Crippen molar-refractivity contribution in [2.75, 3.05) is 47.7 Å². The molecule has 4 unspecified atom stereocenters. The van der Waals surface area contributed by atoms with Crippen molar-refractivity contribution in [3.63, 3.8) is 0 Å². The van der Waals surface area contributed by atoms with Crippen LogP contribution >= 0.6 is 109 Å². The summed E-state index contributed by atoms with van der Waals surface area (Å²) < 4.78 is -0.412. The lowest BCUT2D eigenvalue weighted by Gasteiger charge is -2.24. The number of carbonyl (C=O) groups is 2. The van der Waals surface area contributed by atoms with Crippen molar-refractivity contribution in [2.45, 2.75) is 19.7 Å². The lowest BCUT2D eigenvalue weighted by molar-refractivity contribution is -0.114. The first-order chi connectivity index (χ1) is 12.9. The Kier molecular flexibility index (Phi) is 20.8. The third kappa shape index (κ3) is 14.9. The summed E-state index contributed by atoms with van der Waals surface area (Å²) in [5.74, 6) is 4.76. The Bertz CT molecular complexity index is 380. The second-order valence-electron chi connectivity index (χ2n) is 4.88. The second kappa shape index (κ2) is 19.1. The summed E-state index contributed by atoms with van der Waals surface area (Å²) in [5.41, 5.74) is 0. The summed E-state index contributed by atoms with van der Waals surface area (Å²) in [5, 5.41) is 17.6. The van der Waals surface area contributed by atoms with Gasteiger partial charge in [0.05, 0.1) is 9.16 Å². The molecule has 0 rings (SSSR count). The van der Waals surface area contributed by atoms with Crippen molar-refractivity contribution in [1.29, 1.82) is 0 Å². The van der Waals surface area contributed by atoms with Gasteiger partial charge in [-0.15, -0.1) is 0 Å². The van der Waals surface area contributed by atoms with E-state index in [4.69, 9.17) is 10.2 Å². The SMILES string of the molecule is O=C(CO)SC(S)C(CSCC(SCCS)C(S)SC(=O)CO)SCCS. The summed E-state index contributed by atoms with van der Waals surface area (Å²) in [6.07, 6.45) is 0. The monoisotopic (exact) mass is 546 g/mol. The van der Waals surface area contributed by atoms with Gasteiger partial charge in [0, 0.05) is 33.5 Å². The zero-order valence-corrected chi connectivity index (χ0v) is 22.2. The third-order valence-electron chi connectivity index (χ3n) is 2.81. The minimum Gasteiger partial charge on any atom is -0.388 e. The molecule has 0 saturated heterocycles. The highest BCUT2D eigenvalue weighted by molar-refractivity contribution is 8.22. The van der Waals surface area contributed by atoms with Crippen molar-refractivity contribution in [1.82, 2.24) is 0 Å². The van der Waals surface area contributed by atoms with Gasteiger partial charge in [0.1, 0.15) is 13.2 Å². The van der Waals surface area contributed by atoms with Crippen LogP contribution in [0.25, 0.3) is 0 Å². The second-order valence-corrected chi connectivity index (χ2v) is 13.8. The Morgan fingerprint density at radius 2 is 1.15 bits per heavy atom. The van der Waals surface area contributed by atoms with Crippen LogP contribution in [-0.4, -0.2) is 87.8 Å². The number of hydrogen-bond donors (Lipinski definition) is 6. The zero-order valence-electron chi connectivity index (χ0n) is 14.5. The maximum absolute atomic E-state index is 11.5. The summed E-state index contributed by atoms with van der Waals surface area (Å²) in [7, 11) is 0. The largest absolute Gasteiger partial charge is 0.388 e. The summed E-state index contributed by atoms with van der Waals surface area (Å²) in [6, 6.07) is 0. The van der Waals surface area contributed by atoms with E-state index in [2.05, 4.69) is 50.5 Å². The van der Waals surface area contributed by atoms with Gasteiger partial charge in [-0.1, -0.05) is 23.5 Å². The Morgan fingerprint density at radius 3 is 1.44 bits per heavy atom. The van der Waals surface area contributed by atoms with E-state index in [0.29, 0.717) is 0 Å². The van der Waals surface area contributed by atoms with Crippen LogP contribution in [-0.2, 0) is 9.59 Å². The number of carbonyl (C=O) groups excluding carboxylic acids is 2. The molecule has 0 aromatic heterocycles. The molecule has 0 bridgehead atoms. The molecule has 0 saturated carbocycles. The van der Waals surface area contributed by atoms with Crippen molar-refractivity contribution in [2.24, 2.45) is 0 Å². The molecule has 160 valence electrons. The lowest BCUT2D eigenvalue weighted by Crippen LogP contribution is -2.24. The molecule has 0 aliphatic heterocycles. The van der Waals surface area contributed by atoms with Crippen molar-refractivity contribution in [3.8, 4) is 0 Å². The molecule has 0 aromatic carbocycles. The van der Waals surface area contributed by atoms with Gasteiger partial charge >= 0.3 is 0 Å². The average molecular weight is 547 g/mol. The maximum Gasteiger partial charge on any atom is 0.215 e. The van der Waals surface area contributed by atoms with E-state index in [-0.39, 0.29) is 29.9 Å². The first-order valence-electron chi connectivity index (χ1n) is 7.89. The van der Waals surface area contributed by atoms with Crippen molar-refractivity contribution >= 4 is 120 Å². The van der Waals surface area contributed by atoms with E-state index in [1.54, 1.807) is 35.3 Å². The molecule has 4 atom stereocenters. The molecule has 0 heterocycles. The molecule has 0 aliphatic rings. The van der Waals surface area contributed by atoms with Crippen LogP contribution in [0.2, 0.25) is 0 Å². The highest BCUT2D eigenvalue weighted by Crippen LogP contribution is 2.34. The Hall–Kier alpha value is 2.41. The Labute approximate surface area is 205 Å². The van der Waals surface area contributed by atoms with Gasteiger partial charge in [0.15, 0.2) is 0 Å². The molecule has 13 heteroatoms. The van der Waals surface area contributed by atoms with Crippen molar-refractivity contribution < 1.29 is 19.8 Å². The van der Waals surface area contributed by atoms with Crippen LogP contribution in [0.4, 0.5) is 0 Å². The summed E-state index contributed by atoms with van der Waals surface area (Å²) in [4.78, 5) is 23.0. The normalized spacial score (nSPS) is 15.9. The summed E-state index contributed by atoms with van der Waals surface area (Å²) in [6.45, 7) is -0.975.